The molecule has 2 amide bonds. The summed E-state index contributed by atoms with van der Waals surface area (Å²) in [4.78, 5) is 27.1. The van der Waals surface area contributed by atoms with Crippen molar-refractivity contribution in [3.63, 3.8) is 0 Å². The Kier molecular flexibility index (Phi) is 5.68. The normalized spacial score (nSPS) is 14.3. The van der Waals surface area contributed by atoms with Crippen LogP contribution in [0.4, 0.5) is 5.69 Å². The number of carbonyl (C=O) groups excluding carboxylic acids is 2. The van der Waals surface area contributed by atoms with Crippen molar-refractivity contribution in [2.24, 2.45) is 0 Å². The van der Waals surface area contributed by atoms with Gasteiger partial charge in [0.05, 0.1) is 24.5 Å². The molecule has 0 saturated carbocycles. The van der Waals surface area contributed by atoms with E-state index in [1.165, 1.54) is 6.08 Å². The van der Waals surface area contributed by atoms with Crippen LogP contribution in [-0.2, 0) is 9.53 Å². The minimum Gasteiger partial charge on any atom is -0.378 e. The average Bonchev–Trinajstić information content (AvgIpc) is 2.78. The molecule has 1 aliphatic heterocycles. The lowest BCUT2D eigenvalue weighted by Crippen LogP contribution is -2.41. The predicted molar refractivity (Wildman–Crippen MR) is 115 cm³/mol. The molecule has 1 fully saturated rings. The summed E-state index contributed by atoms with van der Waals surface area (Å²) < 4.78 is 5.31. The van der Waals surface area contributed by atoms with E-state index in [-0.39, 0.29) is 11.8 Å². The van der Waals surface area contributed by atoms with Crippen LogP contribution < -0.4 is 5.32 Å². The van der Waals surface area contributed by atoms with Crippen molar-refractivity contribution in [1.82, 2.24) is 4.90 Å². The highest BCUT2D eigenvalue weighted by atomic mass is 16.5. The number of benzene rings is 3. The van der Waals surface area contributed by atoms with Crippen molar-refractivity contribution < 1.29 is 14.3 Å². The maximum atomic E-state index is 12.8. The molecule has 0 bridgehead atoms. The highest BCUT2D eigenvalue weighted by Crippen LogP contribution is 2.21. The first kappa shape index (κ1) is 18.9. The molecule has 0 aliphatic carbocycles. The zero-order valence-corrected chi connectivity index (χ0v) is 16.0. The van der Waals surface area contributed by atoms with Crippen molar-refractivity contribution in [3.8, 4) is 0 Å². The Morgan fingerprint density at radius 1 is 0.897 bits per heavy atom. The first-order chi connectivity index (χ1) is 14.2. The van der Waals surface area contributed by atoms with E-state index in [2.05, 4.69) is 5.32 Å². The van der Waals surface area contributed by atoms with Crippen molar-refractivity contribution in [2.75, 3.05) is 31.6 Å². The monoisotopic (exact) mass is 386 g/mol. The molecule has 1 aliphatic rings. The molecule has 0 radical (unpaired) electrons. The molecule has 0 spiro atoms. The van der Waals surface area contributed by atoms with E-state index in [0.29, 0.717) is 37.6 Å². The van der Waals surface area contributed by atoms with Crippen LogP contribution in [0.2, 0.25) is 0 Å². The minimum atomic E-state index is -0.278. The molecule has 4 rings (SSSR count). The van der Waals surface area contributed by atoms with Crippen molar-refractivity contribution in [3.05, 3.63) is 83.9 Å². The van der Waals surface area contributed by atoms with E-state index in [4.69, 9.17) is 4.74 Å². The fourth-order valence-corrected chi connectivity index (χ4v) is 3.45. The predicted octanol–water partition coefficient (Wildman–Crippen LogP) is 3.96. The highest BCUT2D eigenvalue weighted by molar-refractivity contribution is 6.08. The molecule has 29 heavy (non-hydrogen) atoms. The highest BCUT2D eigenvalue weighted by Gasteiger charge is 2.21. The molecular formula is C24H22N2O3. The largest absolute Gasteiger partial charge is 0.378 e. The number of carbonyl (C=O) groups is 2. The summed E-state index contributed by atoms with van der Waals surface area (Å²) in [5.74, 6) is -0.373. The minimum absolute atomic E-state index is 0.0952. The number of morpholine rings is 1. The fourth-order valence-electron chi connectivity index (χ4n) is 3.45. The summed E-state index contributed by atoms with van der Waals surface area (Å²) in [6.07, 6.45) is 3.29. The maximum Gasteiger partial charge on any atom is 0.256 e. The number of nitrogens with zero attached hydrogens (tertiary/aromatic N) is 1. The third-order valence-corrected chi connectivity index (χ3v) is 4.95. The topological polar surface area (TPSA) is 58.6 Å². The van der Waals surface area contributed by atoms with E-state index in [0.717, 1.165) is 16.3 Å². The molecular weight excluding hydrogens is 364 g/mol. The molecule has 3 aromatic rings. The van der Waals surface area contributed by atoms with E-state index in [1.807, 2.05) is 42.5 Å². The molecule has 0 atom stereocenters. The summed E-state index contributed by atoms with van der Waals surface area (Å²) in [7, 11) is 0. The van der Waals surface area contributed by atoms with Gasteiger partial charge in [-0.2, -0.15) is 0 Å². The summed E-state index contributed by atoms with van der Waals surface area (Å²) in [5, 5.41) is 5.05. The first-order valence-electron chi connectivity index (χ1n) is 9.65. The van der Waals surface area contributed by atoms with Gasteiger partial charge >= 0.3 is 0 Å². The number of nitrogens with one attached hydrogen (secondary N) is 1. The van der Waals surface area contributed by atoms with E-state index in [9.17, 15) is 9.59 Å². The summed E-state index contributed by atoms with van der Waals surface area (Å²) in [6, 6.07) is 21.1. The Balaban J connectivity index is 1.51. The first-order valence-corrected chi connectivity index (χ1v) is 9.65. The fraction of sp³-hybridized carbons (Fsp3) is 0.167. The molecule has 1 saturated heterocycles. The van der Waals surface area contributed by atoms with Gasteiger partial charge in [0.25, 0.3) is 5.91 Å². The number of hydrogen-bond donors (Lipinski definition) is 1. The number of rotatable bonds is 4. The number of hydrogen-bond acceptors (Lipinski definition) is 3. The summed E-state index contributed by atoms with van der Waals surface area (Å²) in [5.41, 5.74) is 1.97. The van der Waals surface area contributed by atoms with Crippen molar-refractivity contribution in [2.45, 2.75) is 0 Å². The van der Waals surface area contributed by atoms with Crippen LogP contribution in [0.5, 0.6) is 0 Å². The lowest BCUT2D eigenvalue weighted by molar-refractivity contribution is -0.111. The third-order valence-electron chi connectivity index (χ3n) is 4.95. The number of amides is 2. The van der Waals surface area contributed by atoms with Gasteiger partial charge in [0.15, 0.2) is 0 Å². The van der Waals surface area contributed by atoms with Gasteiger partial charge in [-0.05, 0) is 34.5 Å². The maximum absolute atomic E-state index is 12.8. The van der Waals surface area contributed by atoms with Gasteiger partial charge in [0.2, 0.25) is 5.91 Å². The average molecular weight is 386 g/mol. The van der Waals surface area contributed by atoms with E-state index in [1.54, 1.807) is 35.2 Å². The molecule has 0 unspecified atom stereocenters. The van der Waals surface area contributed by atoms with Crippen LogP contribution in [0.1, 0.15) is 15.9 Å². The Labute approximate surface area is 169 Å². The third kappa shape index (κ3) is 4.36. The number of para-hydroxylation sites is 1. The van der Waals surface area contributed by atoms with Gasteiger partial charge in [-0.15, -0.1) is 0 Å². The standard InChI is InChI=1S/C24H22N2O3/c27-23(13-12-19-8-5-7-18-6-1-2-9-20(18)19)25-22-11-4-3-10-21(22)24(28)26-14-16-29-17-15-26/h1-13H,14-17H2,(H,25,27). The van der Waals surface area contributed by atoms with Gasteiger partial charge in [0.1, 0.15) is 0 Å². The van der Waals surface area contributed by atoms with Gasteiger partial charge in [-0.1, -0.05) is 54.6 Å². The quantitative estimate of drug-likeness (QED) is 0.691. The second-order valence-electron chi connectivity index (χ2n) is 6.84. The van der Waals surface area contributed by atoms with Gasteiger partial charge in [-0.3, -0.25) is 9.59 Å². The van der Waals surface area contributed by atoms with E-state index < -0.39 is 0 Å². The second kappa shape index (κ2) is 8.71. The lowest BCUT2D eigenvalue weighted by Gasteiger charge is -2.27. The smallest absolute Gasteiger partial charge is 0.256 e. The van der Waals surface area contributed by atoms with Crippen LogP contribution >= 0.6 is 0 Å². The van der Waals surface area contributed by atoms with Crippen LogP contribution in [0.3, 0.4) is 0 Å². The molecule has 0 aromatic heterocycles. The van der Waals surface area contributed by atoms with Gasteiger partial charge in [-0.25, -0.2) is 0 Å². The van der Waals surface area contributed by atoms with Gasteiger partial charge < -0.3 is 15.0 Å². The lowest BCUT2D eigenvalue weighted by atomic mass is 10.0. The molecule has 1 N–H and O–H groups in total. The van der Waals surface area contributed by atoms with Crippen molar-refractivity contribution in [1.29, 1.82) is 0 Å². The van der Waals surface area contributed by atoms with Crippen LogP contribution in [0.25, 0.3) is 16.8 Å². The van der Waals surface area contributed by atoms with Gasteiger partial charge in [0, 0.05) is 19.2 Å². The Hall–Kier alpha value is -3.44. The van der Waals surface area contributed by atoms with Crippen LogP contribution in [0, 0.1) is 0 Å². The SMILES string of the molecule is O=C(C=Cc1cccc2ccccc12)Nc1ccccc1C(=O)N1CCOCC1. The van der Waals surface area contributed by atoms with E-state index >= 15 is 0 Å². The second-order valence-corrected chi connectivity index (χ2v) is 6.84. The Morgan fingerprint density at radius 3 is 2.48 bits per heavy atom. The Morgan fingerprint density at radius 2 is 1.62 bits per heavy atom. The van der Waals surface area contributed by atoms with Crippen LogP contribution in [0.15, 0.2) is 72.8 Å². The number of ether oxygens (including phenoxy) is 1. The van der Waals surface area contributed by atoms with Crippen LogP contribution in [-0.4, -0.2) is 43.0 Å². The molecule has 5 nitrogen and oxygen atoms in total. The molecule has 146 valence electrons. The molecule has 1 heterocycles. The van der Waals surface area contributed by atoms with Crippen molar-refractivity contribution >= 4 is 34.4 Å². The molecule has 3 aromatic carbocycles. The molecule has 5 heteroatoms. The zero-order valence-electron chi connectivity index (χ0n) is 16.0. The summed E-state index contributed by atoms with van der Waals surface area (Å²) in [6.45, 7) is 2.19. The Bertz CT molecular complexity index is 1060. The summed E-state index contributed by atoms with van der Waals surface area (Å²) >= 11 is 0. The number of anilines is 1. The zero-order chi connectivity index (χ0) is 20.1. The number of fused-ring (bicyclic) bond motifs is 1.